The van der Waals surface area contributed by atoms with Crippen LogP contribution in [0.1, 0.15) is 40.6 Å². The number of hydrogen-bond donors (Lipinski definition) is 0. The molecular weight excluding hydrogens is 372 g/mol. The molecular formula is C17H20N4O3S2. The first-order valence-corrected chi connectivity index (χ1v) is 11.4. The number of fused-ring (bicyclic) bond motifs is 1. The molecule has 138 valence electrons. The van der Waals surface area contributed by atoms with Crippen molar-refractivity contribution in [3.63, 3.8) is 0 Å². The van der Waals surface area contributed by atoms with Crippen LogP contribution in [-0.2, 0) is 16.4 Å². The average molecular weight is 393 g/mol. The van der Waals surface area contributed by atoms with Crippen LogP contribution in [0.3, 0.4) is 0 Å². The van der Waals surface area contributed by atoms with Crippen LogP contribution in [0.15, 0.2) is 23.4 Å². The van der Waals surface area contributed by atoms with Gasteiger partial charge in [-0.2, -0.15) is 0 Å². The Balaban J connectivity index is 1.48. The van der Waals surface area contributed by atoms with Gasteiger partial charge in [0.15, 0.2) is 10.9 Å². The Hall–Kier alpha value is -1.87. The van der Waals surface area contributed by atoms with Gasteiger partial charge in [0.25, 0.3) is 0 Å². The number of sulfonamides is 1. The number of thioether (sulfide) groups is 1. The fraction of sp³-hybridized carbons (Fsp3) is 0.471. The first-order chi connectivity index (χ1) is 12.3. The van der Waals surface area contributed by atoms with Gasteiger partial charge < -0.3 is 4.57 Å². The number of nitrogens with zero attached hydrogens (tertiary/aromatic N) is 4. The molecule has 1 saturated carbocycles. The minimum Gasteiger partial charge on any atom is -0.303 e. The van der Waals surface area contributed by atoms with Crippen molar-refractivity contribution in [1.82, 2.24) is 14.8 Å². The van der Waals surface area contributed by atoms with Crippen LogP contribution in [-0.4, -0.2) is 47.5 Å². The van der Waals surface area contributed by atoms with Crippen LogP contribution in [0.2, 0.25) is 0 Å². The highest BCUT2D eigenvalue weighted by Gasteiger charge is 2.29. The average Bonchev–Trinajstić information content (AvgIpc) is 3.20. The lowest BCUT2D eigenvalue weighted by atomic mass is 10.1. The lowest BCUT2D eigenvalue weighted by molar-refractivity contribution is 0.102. The van der Waals surface area contributed by atoms with Crippen molar-refractivity contribution in [2.75, 3.05) is 22.9 Å². The normalized spacial score (nSPS) is 16.8. The molecule has 7 nitrogen and oxygen atoms in total. The van der Waals surface area contributed by atoms with E-state index >= 15 is 0 Å². The van der Waals surface area contributed by atoms with Crippen LogP contribution in [0.4, 0.5) is 5.69 Å². The highest BCUT2D eigenvalue weighted by atomic mass is 32.2. The molecule has 4 rings (SSSR count). The van der Waals surface area contributed by atoms with Gasteiger partial charge in [0, 0.05) is 18.2 Å². The maximum Gasteiger partial charge on any atom is 0.232 e. The molecule has 2 heterocycles. The Bertz CT molecular complexity index is 980. The highest BCUT2D eigenvalue weighted by Crippen LogP contribution is 2.38. The molecule has 1 aliphatic heterocycles. The van der Waals surface area contributed by atoms with E-state index in [1.807, 2.05) is 13.0 Å². The quantitative estimate of drug-likeness (QED) is 0.554. The van der Waals surface area contributed by atoms with Crippen molar-refractivity contribution in [1.29, 1.82) is 0 Å². The summed E-state index contributed by atoms with van der Waals surface area (Å²) in [6.45, 7) is 2.37. The van der Waals surface area contributed by atoms with Gasteiger partial charge in [0.1, 0.15) is 5.82 Å². The number of aryl methyl sites for hydroxylation is 1. The summed E-state index contributed by atoms with van der Waals surface area (Å²) in [7, 11) is -3.27. The highest BCUT2D eigenvalue weighted by molar-refractivity contribution is 7.99. The van der Waals surface area contributed by atoms with E-state index < -0.39 is 10.0 Å². The Morgan fingerprint density at radius 2 is 2.08 bits per heavy atom. The molecule has 0 unspecified atom stereocenters. The third-order valence-electron chi connectivity index (χ3n) is 4.73. The predicted molar refractivity (Wildman–Crippen MR) is 100 cm³/mol. The number of Topliss-reactive ketones (excluding diaryl/α,β-unsaturated/α-hetero) is 1. The number of ketones is 1. The summed E-state index contributed by atoms with van der Waals surface area (Å²) in [5.41, 5.74) is 2.20. The molecule has 1 aromatic carbocycles. The van der Waals surface area contributed by atoms with Gasteiger partial charge in [-0.05, 0) is 49.9 Å². The van der Waals surface area contributed by atoms with E-state index in [4.69, 9.17) is 0 Å². The molecule has 2 aromatic rings. The van der Waals surface area contributed by atoms with E-state index in [0.717, 1.165) is 29.4 Å². The SMILES string of the molecule is Cc1nnc(SCC(=O)c2ccc3c(c2)CCN3S(C)(=O)=O)n1C1CC1. The van der Waals surface area contributed by atoms with Gasteiger partial charge in [0.2, 0.25) is 10.0 Å². The molecule has 0 atom stereocenters. The Morgan fingerprint density at radius 3 is 2.77 bits per heavy atom. The summed E-state index contributed by atoms with van der Waals surface area (Å²) in [6.07, 6.45) is 4.12. The summed E-state index contributed by atoms with van der Waals surface area (Å²) >= 11 is 1.41. The largest absolute Gasteiger partial charge is 0.303 e. The zero-order valence-corrected chi connectivity index (χ0v) is 16.3. The van der Waals surface area contributed by atoms with Crippen LogP contribution in [0.5, 0.6) is 0 Å². The number of anilines is 1. The summed E-state index contributed by atoms with van der Waals surface area (Å²) in [5, 5.41) is 9.11. The van der Waals surface area contributed by atoms with Crippen molar-refractivity contribution in [3.05, 3.63) is 35.2 Å². The van der Waals surface area contributed by atoms with Crippen LogP contribution < -0.4 is 4.31 Å². The van der Waals surface area contributed by atoms with Gasteiger partial charge in [-0.15, -0.1) is 10.2 Å². The Morgan fingerprint density at radius 1 is 1.31 bits per heavy atom. The summed E-state index contributed by atoms with van der Waals surface area (Å²) in [5.74, 6) is 1.19. The summed E-state index contributed by atoms with van der Waals surface area (Å²) < 4.78 is 27.1. The number of hydrogen-bond acceptors (Lipinski definition) is 6. The zero-order chi connectivity index (χ0) is 18.5. The van der Waals surface area contributed by atoms with E-state index in [2.05, 4.69) is 14.8 Å². The van der Waals surface area contributed by atoms with E-state index in [0.29, 0.717) is 36.0 Å². The molecule has 0 N–H and O–H groups in total. The third-order valence-corrected chi connectivity index (χ3v) is 6.86. The van der Waals surface area contributed by atoms with Crippen molar-refractivity contribution >= 4 is 33.3 Å². The molecule has 26 heavy (non-hydrogen) atoms. The van der Waals surface area contributed by atoms with E-state index in [-0.39, 0.29) is 5.78 Å². The molecule has 1 aliphatic carbocycles. The van der Waals surface area contributed by atoms with E-state index in [1.165, 1.54) is 22.3 Å². The Labute approximate surface area is 156 Å². The second-order valence-electron chi connectivity index (χ2n) is 6.77. The number of carbonyl (C=O) groups excluding carboxylic acids is 1. The molecule has 1 aromatic heterocycles. The lowest BCUT2D eigenvalue weighted by Crippen LogP contribution is -2.27. The first kappa shape index (κ1) is 17.5. The van der Waals surface area contributed by atoms with Crippen LogP contribution in [0, 0.1) is 6.92 Å². The fourth-order valence-corrected chi connectivity index (χ4v) is 5.21. The number of aromatic nitrogens is 3. The second kappa shape index (κ2) is 6.38. The fourth-order valence-electron chi connectivity index (χ4n) is 3.30. The molecule has 1 fully saturated rings. The molecule has 0 radical (unpaired) electrons. The monoisotopic (exact) mass is 392 g/mol. The first-order valence-electron chi connectivity index (χ1n) is 8.53. The second-order valence-corrected chi connectivity index (χ2v) is 9.62. The smallest absolute Gasteiger partial charge is 0.232 e. The number of benzene rings is 1. The number of carbonyl (C=O) groups is 1. The number of rotatable bonds is 6. The molecule has 0 saturated heterocycles. The summed E-state index contributed by atoms with van der Waals surface area (Å²) in [6, 6.07) is 5.74. The molecule has 0 amide bonds. The van der Waals surface area contributed by atoms with Crippen molar-refractivity contribution in [2.45, 2.75) is 37.4 Å². The van der Waals surface area contributed by atoms with Crippen molar-refractivity contribution < 1.29 is 13.2 Å². The zero-order valence-electron chi connectivity index (χ0n) is 14.7. The van der Waals surface area contributed by atoms with Gasteiger partial charge in [-0.3, -0.25) is 9.10 Å². The minimum absolute atomic E-state index is 0.0126. The third kappa shape index (κ3) is 3.25. The minimum atomic E-state index is -3.27. The van der Waals surface area contributed by atoms with Crippen LogP contribution >= 0.6 is 11.8 Å². The van der Waals surface area contributed by atoms with E-state index in [9.17, 15) is 13.2 Å². The van der Waals surface area contributed by atoms with Crippen molar-refractivity contribution in [3.8, 4) is 0 Å². The van der Waals surface area contributed by atoms with E-state index in [1.54, 1.807) is 12.1 Å². The van der Waals surface area contributed by atoms with Gasteiger partial charge in [-0.25, -0.2) is 8.42 Å². The molecule has 0 spiro atoms. The maximum absolute atomic E-state index is 12.6. The van der Waals surface area contributed by atoms with Gasteiger partial charge >= 0.3 is 0 Å². The van der Waals surface area contributed by atoms with Crippen LogP contribution in [0.25, 0.3) is 0 Å². The molecule has 2 aliphatic rings. The Kier molecular flexibility index (Phi) is 4.31. The van der Waals surface area contributed by atoms with Gasteiger partial charge in [-0.1, -0.05) is 11.8 Å². The standard InChI is InChI=1S/C17H20N4O3S2/c1-11-18-19-17(21(11)14-4-5-14)25-10-16(22)13-3-6-15-12(9-13)7-8-20(15)26(2,23)24/h3,6,9,14H,4-5,7-8,10H2,1-2H3. The maximum atomic E-state index is 12.6. The topological polar surface area (TPSA) is 85.2 Å². The molecule has 0 bridgehead atoms. The molecule has 9 heteroatoms. The lowest BCUT2D eigenvalue weighted by Gasteiger charge is -2.16. The van der Waals surface area contributed by atoms with Crippen molar-refractivity contribution in [2.24, 2.45) is 0 Å². The summed E-state index contributed by atoms with van der Waals surface area (Å²) in [4.78, 5) is 12.6. The predicted octanol–water partition coefficient (Wildman–Crippen LogP) is 2.22. The van der Waals surface area contributed by atoms with Gasteiger partial charge in [0.05, 0.1) is 17.7 Å².